The van der Waals surface area contributed by atoms with Gasteiger partial charge in [0.15, 0.2) is 0 Å². The molecule has 23 heavy (non-hydrogen) atoms. The standard InChI is InChI=1S/C15H19N5O2S/c1-23(22)14-6-4-12(5-7-14)18-15(21)19-8-2-3-13(9-19)20-11-16-10-17-20/h4-7,10-11,13H,2-3,8-9H2,1H3,(H,18,21). The molecule has 1 aromatic heterocycles. The zero-order valence-corrected chi connectivity index (χ0v) is 13.7. The molecule has 2 atom stereocenters. The molecule has 8 heteroatoms. The fraction of sp³-hybridized carbons (Fsp3) is 0.400. The maximum atomic E-state index is 12.4. The van der Waals surface area contributed by atoms with E-state index in [-0.39, 0.29) is 12.1 Å². The van der Waals surface area contributed by atoms with Gasteiger partial charge in [0.05, 0.1) is 6.04 Å². The van der Waals surface area contributed by atoms with Crippen LogP contribution >= 0.6 is 0 Å². The Bertz CT molecular complexity index is 686. The van der Waals surface area contributed by atoms with Crippen molar-refractivity contribution in [1.82, 2.24) is 19.7 Å². The molecule has 1 aliphatic rings. The van der Waals surface area contributed by atoms with Gasteiger partial charge in [-0.05, 0) is 37.1 Å². The highest BCUT2D eigenvalue weighted by molar-refractivity contribution is 7.84. The van der Waals surface area contributed by atoms with Crippen LogP contribution in [0.3, 0.4) is 0 Å². The topological polar surface area (TPSA) is 80.1 Å². The summed E-state index contributed by atoms with van der Waals surface area (Å²) in [5.74, 6) is 0. The predicted molar refractivity (Wildman–Crippen MR) is 87.7 cm³/mol. The number of rotatable bonds is 3. The SMILES string of the molecule is CS(=O)c1ccc(NC(=O)N2CCCC(n3cncn3)C2)cc1. The smallest absolute Gasteiger partial charge is 0.321 e. The second-order valence-corrected chi connectivity index (χ2v) is 6.91. The number of hydrogen-bond donors (Lipinski definition) is 1. The molecular formula is C15H19N5O2S. The summed E-state index contributed by atoms with van der Waals surface area (Å²) in [6.07, 6.45) is 6.76. The highest BCUT2D eigenvalue weighted by atomic mass is 32.2. The minimum Gasteiger partial charge on any atom is -0.322 e. The maximum Gasteiger partial charge on any atom is 0.321 e. The number of nitrogens with zero attached hydrogens (tertiary/aromatic N) is 4. The van der Waals surface area contributed by atoms with Crippen LogP contribution in [0, 0.1) is 0 Å². The van der Waals surface area contributed by atoms with E-state index >= 15 is 0 Å². The first-order valence-corrected chi connectivity index (χ1v) is 9.03. The molecule has 0 aliphatic carbocycles. The molecule has 1 aliphatic heterocycles. The van der Waals surface area contributed by atoms with E-state index in [1.165, 1.54) is 6.33 Å². The van der Waals surface area contributed by atoms with Crippen molar-refractivity contribution < 1.29 is 9.00 Å². The van der Waals surface area contributed by atoms with Crippen LogP contribution in [0.5, 0.6) is 0 Å². The summed E-state index contributed by atoms with van der Waals surface area (Å²) < 4.78 is 13.2. The van der Waals surface area contributed by atoms with E-state index in [0.717, 1.165) is 24.3 Å². The van der Waals surface area contributed by atoms with Crippen LogP contribution in [0.25, 0.3) is 0 Å². The zero-order valence-electron chi connectivity index (χ0n) is 12.9. The van der Waals surface area contributed by atoms with Gasteiger partial charge >= 0.3 is 6.03 Å². The Hall–Kier alpha value is -2.22. The van der Waals surface area contributed by atoms with Crippen molar-refractivity contribution in [2.75, 3.05) is 24.7 Å². The van der Waals surface area contributed by atoms with Crippen molar-refractivity contribution in [3.05, 3.63) is 36.9 Å². The number of nitrogens with one attached hydrogen (secondary N) is 1. The number of aromatic nitrogens is 3. The highest BCUT2D eigenvalue weighted by Gasteiger charge is 2.25. The van der Waals surface area contributed by atoms with E-state index in [4.69, 9.17) is 0 Å². The largest absolute Gasteiger partial charge is 0.322 e. The Labute approximate surface area is 137 Å². The first kappa shape index (κ1) is 15.7. The fourth-order valence-corrected chi connectivity index (χ4v) is 3.21. The lowest BCUT2D eigenvalue weighted by molar-refractivity contribution is 0.174. The van der Waals surface area contributed by atoms with Gasteiger partial charge in [0, 0.05) is 40.7 Å². The van der Waals surface area contributed by atoms with Gasteiger partial charge in [-0.3, -0.25) is 4.21 Å². The van der Waals surface area contributed by atoms with Gasteiger partial charge in [0.2, 0.25) is 0 Å². The molecule has 1 aromatic carbocycles. The average Bonchev–Trinajstić information content (AvgIpc) is 3.10. The molecule has 1 fully saturated rings. The van der Waals surface area contributed by atoms with Gasteiger partial charge < -0.3 is 10.2 Å². The highest BCUT2D eigenvalue weighted by Crippen LogP contribution is 2.21. The van der Waals surface area contributed by atoms with E-state index in [9.17, 15) is 9.00 Å². The van der Waals surface area contributed by atoms with Crippen molar-refractivity contribution >= 4 is 22.5 Å². The number of carbonyl (C=O) groups excluding carboxylic acids is 1. The minimum atomic E-state index is -1.01. The molecule has 2 aromatic rings. The Kier molecular flexibility index (Phi) is 4.71. The third-order valence-corrected chi connectivity index (χ3v) is 4.87. The third-order valence-electron chi connectivity index (χ3n) is 3.93. The van der Waals surface area contributed by atoms with Crippen LogP contribution in [-0.2, 0) is 10.8 Å². The van der Waals surface area contributed by atoms with E-state index in [2.05, 4.69) is 15.4 Å². The molecule has 1 N–H and O–H groups in total. The number of amides is 2. The van der Waals surface area contributed by atoms with Gasteiger partial charge in [-0.15, -0.1) is 0 Å². The Balaban J connectivity index is 1.62. The molecule has 2 heterocycles. The van der Waals surface area contributed by atoms with Gasteiger partial charge in [-0.2, -0.15) is 5.10 Å². The van der Waals surface area contributed by atoms with Gasteiger partial charge in [-0.25, -0.2) is 14.5 Å². The molecule has 7 nitrogen and oxygen atoms in total. The van der Waals surface area contributed by atoms with E-state index in [0.29, 0.717) is 12.2 Å². The third kappa shape index (κ3) is 3.76. The molecule has 0 bridgehead atoms. The van der Waals surface area contributed by atoms with Gasteiger partial charge in [-0.1, -0.05) is 0 Å². The molecule has 2 amide bonds. The number of urea groups is 1. The number of piperidine rings is 1. The second-order valence-electron chi connectivity index (χ2n) is 5.53. The molecule has 122 valence electrons. The molecule has 0 radical (unpaired) electrons. The predicted octanol–water partition coefficient (Wildman–Crippen LogP) is 1.88. The fourth-order valence-electron chi connectivity index (χ4n) is 2.69. The summed E-state index contributed by atoms with van der Waals surface area (Å²) in [7, 11) is -1.01. The van der Waals surface area contributed by atoms with Gasteiger partial charge in [0.1, 0.15) is 12.7 Å². The van der Waals surface area contributed by atoms with Crippen LogP contribution in [0.1, 0.15) is 18.9 Å². The first-order valence-electron chi connectivity index (χ1n) is 7.47. The van der Waals surface area contributed by atoms with E-state index in [1.54, 1.807) is 41.7 Å². The Morgan fingerprint density at radius 1 is 1.35 bits per heavy atom. The lowest BCUT2D eigenvalue weighted by Gasteiger charge is -2.32. The van der Waals surface area contributed by atoms with Crippen molar-refractivity contribution in [2.24, 2.45) is 0 Å². The summed E-state index contributed by atoms with van der Waals surface area (Å²) in [6.45, 7) is 1.35. The van der Waals surface area contributed by atoms with Crippen LogP contribution in [0.15, 0.2) is 41.8 Å². The maximum absolute atomic E-state index is 12.4. The molecule has 0 saturated carbocycles. The van der Waals surface area contributed by atoms with Crippen LogP contribution in [0.2, 0.25) is 0 Å². The first-order chi connectivity index (χ1) is 11.1. The summed E-state index contributed by atoms with van der Waals surface area (Å²) in [5, 5.41) is 7.05. The Morgan fingerprint density at radius 2 is 2.13 bits per heavy atom. The second kappa shape index (κ2) is 6.91. The molecule has 0 spiro atoms. The van der Waals surface area contributed by atoms with Crippen molar-refractivity contribution in [3.63, 3.8) is 0 Å². The van der Waals surface area contributed by atoms with Crippen LogP contribution < -0.4 is 5.32 Å². The molecular weight excluding hydrogens is 314 g/mol. The summed E-state index contributed by atoms with van der Waals surface area (Å²) in [5.41, 5.74) is 0.701. The van der Waals surface area contributed by atoms with Crippen LogP contribution in [-0.4, -0.2) is 49.2 Å². The quantitative estimate of drug-likeness (QED) is 0.930. The lowest BCUT2D eigenvalue weighted by Crippen LogP contribution is -2.43. The van der Waals surface area contributed by atoms with Crippen molar-refractivity contribution in [2.45, 2.75) is 23.8 Å². The van der Waals surface area contributed by atoms with Crippen molar-refractivity contribution in [1.29, 1.82) is 0 Å². The molecule has 2 unspecified atom stereocenters. The van der Waals surface area contributed by atoms with Gasteiger partial charge in [0.25, 0.3) is 0 Å². The average molecular weight is 333 g/mol. The number of anilines is 1. The molecule has 1 saturated heterocycles. The lowest BCUT2D eigenvalue weighted by atomic mass is 10.1. The Morgan fingerprint density at radius 3 is 2.78 bits per heavy atom. The van der Waals surface area contributed by atoms with E-state index < -0.39 is 10.8 Å². The van der Waals surface area contributed by atoms with E-state index in [1.807, 2.05) is 4.68 Å². The van der Waals surface area contributed by atoms with Crippen molar-refractivity contribution in [3.8, 4) is 0 Å². The summed E-state index contributed by atoms with van der Waals surface area (Å²) >= 11 is 0. The number of likely N-dealkylation sites (tertiary alicyclic amines) is 1. The normalized spacial score (nSPS) is 19.3. The summed E-state index contributed by atoms with van der Waals surface area (Å²) in [4.78, 5) is 18.9. The minimum absolute atomic E-state index is 0.125. The number of hydrogen-bond acceptors (Lipinski definition) is 4. The molecule has 3 rings (SSSR count). The number of benzene rings is 1. The van der Waals surface area contributed by atoms with Crippen LogP contribution in [0.4, 0.5) is 10.5 Å². The number of carbonyl (C=O) groups is 1. The summed E-state index contributed by atoms with van der Waals surface area (Å²) in [6, 6.07) is 7.11. The monoisotopic (exact) mass is 333 g/mol. The zero-order chi connectivity index (χ0) is 16.2.